The largest absolute Gasteiger partial charge is 0.507 e. The molecule has 0 aromatic heterocycles. The van der Waals surface area contributed by atoms with E-state index >= 15 is 0 Å². The highest BCUT2D eigenvalue weighted by atomic mass is 16.3. The fourth-order valence-electron chi connectivity index (χ4n) is 2.61. The van der Waals surface area contributed by atoms with Crippen molar-refractivity contribution in [2.24, 2.45) is 0 Å². The lowest BCUT2D eigenvalue weighted by molar-refractivity contribution is 0.0436. The highest BCUT2D eigenvalue weighted by Gasteiger charge is 2.29. The van der Waals surface area contributed by atoms with E-state index in [2.05, 4.69) is 13.2 Å². The Balaban J connectivity index is 2.62. The van der Waals surface area contributed by atoms with Crippen LogP contribution < -0.4 is 0 Å². The van der Waals surface area contributed by atoms with Gasteiger partial charge in [-0.25, -0.2) is 0 Å². The monoisotopic (exact) mass is 280 g/mol. The van der Waals surface area contributed by atoms with Gasteiger partial charge < -0.3 is 10.2 Å². The van der Waals surface area contributed by atoms with Gasteiger partial charge in [0.2, 0.25) is 0 Å². The molecule has 0 aliphatic rings. The van der Waals surface area contributed by atoms with Crippen molar-refractivity contribution in [2.75, 3.05) is 0 Å². The van der Waals surface area contributed by atoms with Crippen LogP contribution >= 0.6 is 0 Å². The van der Waals surface area contributed by atoms with E-state index in [1.807, 2.05) is 36.4 Å². The van der Waals surface area contributed by atoms with Crippen LogP contribution in [0.1, 0.15) is 18.4 Å². The van der Waals surface area contributed by atoms with Crippen molar-refractivity contribution in [2.45, 2.75) is 18.4 Å². The van der Waals surface area contributed by atoms with Crippen LogP contribution in [-0.2, 0) is 5.60 Å². The number of phenols is 1. The summed E-state index contributed by atoms with van der Waals surface area (Å²) in [7, 11) is 0. The lowest BCUT2D eigenvalue weighted by Gasteiger charge is -2.29. The minimum Gasteiger partial charge on any atom is -0.507 e. The van der Waals surface area contributed by atoms with Crippen LogP contribution in [0, 0.1) is 0 Å². The number of hydrogen-bond acceptors (Lipinski definition) is 2. The normalized spacial score (nSPS) is 11.1. The molecule has 0 saturated carbocycles. The quantitative estimate of drug-likeness (QED) is 0.770. The van der Waals surface area contributed by atoms with Gasteiger partial charge in [0, 0.05) is 5.56 Å². The highest BCUT2D eigenvalue weighted by Crippen LogP contribution is 2.39. The fraction of sp³-hybridized carbons (Fsp3) is 0.158. The van der Waals surface area contributed by atoms with E-state index in [0.29, 0.717) is 18.4 Å². The summed E-state index contributed by atoms with van der Waals surface area (Å²) >= 11 is 0. The van der Waals surface area contributed by atoms with Crippen LogP contribution in [0.4, 0.5) is 0 Å². The Hall–Kier alpha value is -2.32. The van der Waals surface area contributed by atoms with Crippen LogP contribution in [0.5, 0.6) is 5.75 Å². The maximum Gasteiger partial charge on any atom is 0.123 e. The molecule has 0 unspecified atom stereocenters. The molecule has 2 N–H and O–H groups in total. The van der Waals surface area contributed by atoms with Gasteiger partial charge in [0.1, 0.15) is 5.75 Å². The first-order valence-corrected chi connectivity index (χ1v) is 6.94. The third-order valence-corrected chi connectivity index (χ3v) is 3.59. The van der Waals surface area contributed by atoms with Gasteiger partial charge in [0.05, 0.1) is 5.60 Å². The van der Waals surface area contributed by atoms with Gasteiger partial charge >= 0.3 is 0 Å². The van der Waals surface area contributed by atoms with Crippen LogP contribution in [0.3, 0.4) is 0 Å². The zero-order valence-electron chi connectivity index (χ0n) is 12.0. The predicted octanol–water partition coefficient (Wildman–Crippen LogP) is 4.40. The molecule has 2 aromatic carbocycles. The smallest absolute Gasteiger partial charge is 0.123 e. The minimum atomic E-state index is -1.07. The zero-order valence-corrected chi connectivity index (χ0v) is 12.0. The first-order chi connectivity index (χ1) is 10.1. The second-order valence-electron chi connectivity index (χ2n) is 5.08. The maximum absolute atomic E-state index is 11.0. The Labute approximate surface area is 125 Å². The summed E-state index contributed by atoms with van der Waals surface area (Å²) in [4.78, 5) is 0. The van der Waals surface area contributed by atoms with Gasteiger partial charge in [-0.3, -0.25) is 0 Å². The van der Waals surface area contributed by atoms with E-state index in [1.165, 1.54) is 0 Å². The van der Waals surface area contributed by atoms with Gasteiger partial charge in [-0.2, -0.15) is 0 Å². The van der Waals surface area contributed by atoms with Crippen molar-refractivity contribution in [3.8, 4) is 16.9 Å². The van der Waals surface area contributed by atoms with E-state index in [-0.39, 0.29) is 5.75 Å². The summed E-state index contributed by atoms with van der Waals surface area (Å²) in [6, 6.07) is 14.7. The molecule has 0 saturated heterocycles. The molecule has 108 valence electrons. The summed E-state index contributed by atoms with van der Waals surface area (Å²) in [6.45, 7) is 7.46. The average Bonchev–Trinajstić information content (AvgIpc) is 2.48. The first kappa shape index (κ1) is 15.1. The molecule has 0 amide bonds. The summed E-state index contributed by atoms with van der Waals surface area (Å²) in [5.41, 5.74) is 1.23. The van der Waals surface area contributed by atoms with Gasteiger partial charge in [-0.15, -0.1) is 13.2 Å². The molecular formula is C19H20O2. The Morgan fingerprint density at radius 3 is 1.95 bits per heavy atom. The molecule has 0 fully saturated rings. The summed E-state index contributed by atoms with van der Waals surface area (Å²) in [6.07, 6.45) is 4.24. The average molecular weight is 280 g/mol. The van der Waals surface area contributed by atoms with E-state index in [9.17, 15) is 10.2 Å². The Morgan fingerprint density at radius 1 is 0.857 bits per heavy atom. The molecule has 2 heteroatoms. The second kappa shape index (κ2) is 6.42. The number of hydrogen-bond donors (Lipinski definition) is 2. The molecule has 0 heterocycles. The van der Waals surface area contributed by atoms with E-state index < -0.39 is 5.60 Å². The number of phenolic OH excluding ortho intramolecular Hbond substituents is 1. The summed E-state index contributed by atoms with van der Waals surface area (Å²) < 4.78 is 0. The lowest BCUT2D eigenvalue weighted by atomic mass is 9.82. The molecule has 2 rings (SSSR count). The topological polar surface area (TPSA) is 40.5 Å². The fourth-order valence-corrected chi connectivity index (χ4v) is 2.61. The van der Waals surface area contributed by atoms with Crippen molar-refractivity contribution in [1.29, 1.82) is 0 Å². The first-order valence-electron chi connectivity index (χ1n) is 6.94. The highest BCUT2D eigenvalue weighted by molar-refractivity contribution is 5.74. The predicted molar refractivity (Wildman–Crippen MR) is 87.1 cm³/mol. The molecule has 2 aromatic rings. The van der Waals surface area contributed by atoms with Crippen molar-refractivity contribution in [3.63, 3.8) is 0 Å². The maximum atomic E-state index is 11.0. The van der Waals surface area contributed by atoms with Crippen LogP contribution in [-0.4, -0.2) is 10.2 Å². The van der Waals surface area contributed by atoms with Crippen molar-refractivity contribution >= 4 is 0 Å². The standard InChI is InChI=1S/C19H20O2/c1-3-13-19(21,14-4-2)17-11-7-5-9-15(17)16-10-6-8-12-18(16)20/h3-12,20-21H,1-2,13-14H2. The van der Waals surface area contributed by atoms with Gasteiger partial charge in [-0.05, 0) is 30.0 Å². The summed E-state index contributed by atoms with van der Waals surface area (Å²) in [5.74, 6) is 0.199. The van der Waals surface area contributed by atoms with Crippen LogP contribution in [0.15, 0.2) is 73.8 Å². The van der Waals surface area contributed by atoms with Crippen molar-refractivity contribution in [1.82, 2.24) is 0 Å². The summed E-state index contributed by atoms with van der Waals surface area (Å²) in [5, 5.41) is 21.1. The Kier molecular flexibility index (Phi) is 4.61. The molecule has 0 bridgehead atoms. The molecule has 0 atom stereocenters. The third kappa shape index (κ3) is 3.06. The molecule has 0 radical (unpaired) electrons. The van der Waals surface area contributed by atoms with Gasteiger partial charge in [0.15, 0.2) is 0 Å². The van der Waals surface area contributed by atoms with Crippen molar-refractivity contribution in [3.05, 3.63) is 79.4 Å². The van der Waals surface area contributed by atoms with Crippen LogP contribution in [0.2, 0.25) is 0 Å². The zero-order chi connectivity index (χ0) is 15.3. The van der Waals surface area contributed by atoms with Crippen molar-refractivity contribution < 1.29 is 10.2 Å². The molecule has 0 spiro atoms. The molecule has 0 aliphatic heterocycles. The number of para-hydroxylation sites is 1. The Bertz CT molecular complexity index is 634. The number of rotatable bonds is 6. The van der Waals surface area contributed by atoms with Crippen LogP contribution in [0.25, 0.3) is 11.1 Å². The number of aliphatic hydroxyl groups is 1. The lowest BCUT2D eigenvalue weighted by Crippen LogP contribution is -2.25. The van der Waals surface area contributed by atoms with Gasteiger partial charge in [-0.1, -0.05) is 54.6 Å². The molecule has 0 aliphatic carbocycles. The van der Waals surface area contributed by atoms with E-state index in [1.54, 1.807) is 24.3 Å². The minimum absolute atomic E-state index is 0.199. The third-order valence-electron chi connectivity index (χ3n) is 3.59. The molecule has 2 nitrogen and oxygen atoms in total. The van der Waals surface area contributed by atoms with E-state index in [0.717, 1.165) is 11.1 Å². The number of benzene rings is 2. The molecule has 21 heavy (non-hydrogen) atoms. The second-order valence-corrected chi connectivity index (χ2v) is 5.08. The van der Waals surface area contributed by atoms with E-state index in [4.69, 9.17) is 0 Å². The molecular weight excluding hydrogens is 260 g/mol. The SMILES string of the molecule is C=CCC(O)(CC=C)c1ccccc1-c1ccccc1O. The Morgan fingerprint density at radius 2 is 1.38 bits per heavy atom. The van der Waals surface area contributed by atoms with Gasteiger partial charge in [0.25, 0.3) is 0 Å². The number of aromatic hydroxyl groups is 1.